The highest BCUT2D eigenvalue weighted by molar-refractivity contribution is 5.00. The highest BCUT2D eigenvalue weighted by Crippen LogP contribution is 2.37. The fourth-order valence-electron chi connectivity index (χ4n) is 1.97. The van der Waals surface area contributed by atoms with Crippen molar-refractivity contribution in [3.05, 3.63) is 12.2 Å². The van der Waals surface area contributed by atoms with Crippen molar-refractivity contribution in [3.8, 4) is 0 Å². The van der Waals surface area contributed by atoms with E-state index in [-0.39, 0.29) is 0 Å². The van der Waals surface area contributed by atoms with E-state index in [4.69, 9.17) is 0 Å². The van der Waals surface area contributed by atoms with Gasteiger partial charge in [-0.05, 0) is 37.5 Å². The van der Waals surface area contributed by atoms with Crippen molar-refractivity contribution in [1.82, 2.24) is 0 Å². The predicted molar refractivity (Wildman–Crippen MR) is 34.6 cm³/mol. The molecule has 2 aliphatic rings. The zero-order valence-electron chi connectivity index (χ0n) is 5.14. The van der Waals surface area contributed by atoms with Crippen LogP contribution in [0.1, 0.15) is 25.7 Å². The molecule has 0 radical (unpaired) electrons. The molecule has 2 bridgehead atoms. The van der Waals surface area contributed by atoms with Gasteiger partial charge in [-0.2, -0.15) is 0 Å². The van der Waals surface area contributed by atoms with Crippen LogP contribution in [0.15, 0.2) is 12.2 Å². The van der Waals surface area contributed by atoms with Crippen LogP contribution in [0.5, 0.6) is 0 Å². The summed E-state index contributed by atoms with van der Waals surface area (Å²) in [4.78, 5) is 0. The number of allylic oxidation sites excluding steroid dienone is 2. The molecule has 1 saturated carbocycles. The summed E-state index contributed by atoms with van der Waals surface area (Å²) in [5, 5.41) is 0. The van der Waals surface area contributed by atoms with E-state index in [2.05, 4.69) is 12.2 Å². The van der Waals surface area contributed by atoms with Crippen LogP contribution in [0.3, 0.4) is 0 Å². The van der Waals surface area contributed by atoms with Crippen LogP contribution in [-0.4, -0.2) is 0 Å². The van der Waals surface area contributed by atoms with Gasteiger partial charge in [-0.1, -0.05) is 12.2 Å². The van der Waals surface area contributed by atoms with Gasteiger partial charge in [-0.3, -0.25) is 0 Å². The summed E-state index contributed by atoms with van der Waals surface area (Å²) in [6.45, 7) is 0. The molecule has 44 valence electrons. The molecular weight excluding hydrogens is 96.1 g/mol. The summed E-state index contributed by atoms with van der Waals surface area (Å²) in [5.74, 6) is 2.05. The molecule has 0 aromatic rings. The van der Waals surface area contributed by atoms with Crippen LogP contribution < -0.4 is 0 Å². The lowest BCUT2D eigenvalue weighted by Gasteiger charge is -2.10. The van der Waals surface area contributed by atoms with Gasteiger partial charge in [0.15, 0.2) is 0 Å². The molecule has 0 N–H and O–H groups in total. The van der Waals surface area contributed by atoms with Gasteiger partial charge >= 0.3 is 0 Å². The summed E-state index contributed by atoms with van der Waals surface area (Å²) in [6, 6.07) is 0. The summed E-state index contributed by atoms with van der Waals surface area (Å²) < 4.78 is 0. The first kappa shape index (κ1) is 4.60. The van der Waals surface area contributed by atoms with Gasteiger partial charge in [0.1, 0.15) is 0 Å². The quantitative estimate of drug-likeness (QED) is 0.418. The first-order valence-corrected chi connectivity index (χ1v) is 3.62. The maximum absolute atomic E-state index is 2.41. The van der Waals surface area contributed by atoms with E-state index in [1.54, 1.807) is 0 Å². The Morgan fingerprint density at radius 2 is 2.25 bits per heavy atom. The third-order valence-electron chi connectivity index (χ3n) is 2.46. The fraction of sp³-hybridized carbons (Fsp3) is 0.750. The summed E-state index contributed by atoms with van der Waals surface area (Å²) in [7, 11) is 0. The van der Waals surface area contributed by atoms with Crippen LogP contribution in [0.2, 0.25) is 0 Å². The van der Waals surface area contributed by atoms with Crippen molar-refractivity contribution in [2.24, 2.45) is 11.8 Å². The minimum Gasteiger partial charge on any atom is -0.0880 e. The number of hydrogen-bond acceptors (Lipinski definition) is 0. The summed E-state index contributed by atoms with van der Waals surface area (Å²) in [6.07, 6.45) is 10.6. The maximum atomic E-state index is 2.41. The van der Waals surface area contributed by atoms with Crippen molar-refractivity contribution in [2.45, 2.75) is 25.7 Å². The first-order valence-electron chi connectivity index (χ1n) is 3.62. The first-order chi connectivity index (χ1) is 3.95. The highest BCUT2D eigenvalue weighted by atomic mass is 14.3. The van der Waals surface area contributed by atoms with E-state index >= 15 is 0 Å². The zero-order chi connectivity index (χ0) is 5.40. The van der Waals surface area contributed by atoms with Gasteiger partial charge in [0.2, 0.25) is 0 Å². The van der Waals surface area contributed by atoms with Crippen LogP contribution in [0.25, 0.3) is 0 Å². The second kappa shape index (κ2) is 1.61. The van der Waals surface area contributed by atoms with E-state index < -0.39 is 0 Å². The molecule has 0 unspecified atom stereocenters. The molecule has 0 saturated heterocycles. The SMILES string of the molecule is C1=C[C@@H]2CC[C@H](C1)C2. The lowest BCUT2D eigenvalue weighted by Crippen LogP contribution is -1.97. The van der Waals surface area contributed by atoms with Crippen molar-refractivity contribution < 1.29 is 0 Å². The Labute approximate surface area is 50.6 Å². The second-order valence-electron chi connectivity index (χ2n) is 3.10. The molecular formula is C8H12. The highest BCUT2D eigenvalue weighted by Gasteiger charge is 2.24. The Morgan fingerprint density at radius 3 is 3.00 bits per heavy atom. The van der Waals surface area contributed by atoms with E-state index in [9.17, 15) is 0 Å². The lowest BCUT2D eigenvalue weighted by atomic mass is 9.96. The van der Waals surface area contributed by atoms with E-state index in [1.165, 1.54) is 25.7 Å². The molecule has 0 heterocycles. The molecule has 0 aliphatic heterocycles. The van der Waals surface area contributed by atoms with Crippen LogP contribution in [-0.2, 0) is 0 Å². The van der Waals surface area contributed by atoms with Crippen molar-refractivity contribution in [3.63, 3.8) is 0 Å². The Hall–Kier alpha value is -0.260. The van der Waals surface area contributed by atoms with Crippen molar-refractivity contribution >= 4 is 0 Å². The van der Waals surface area contributed by atoms with E-state index in [1.807, 2.05) is 0 Å². The molecule has 0 nitrogen and oxygen atoms in total. The van der Waals surface area contributed by atoms with Crippen molar-refractivity contribution in [1.29, 1.82) is 0 Å². The Balaban J connectivity index is 2.17. The molecule has 0 heteroatoms. The monoisotopic (exact) mass is 108 g/mol. The molecule has 1 fully saturated rings. The zero-order valence-corrected chi connectivity index (χ0v) is 5.14. The minimum absolute atomic E-state index is 0.980. The third kappa shape index (κ3) is 0.594. The average molecular weight is 108 g/mol. The smallest absolute Gasteiger partial charge is 0.0231 e. The van der Waals surface area contributed by atoms with Crippen LogP contribution in [0.4, 0.5) is 0 Å². The van der Waals surface area contributed by atoms with E-state index in [0.717, 1.165) is 11.8 Å². The third-order valence-corrected chi connectivity index (χ3v) is 2.46. The molecule has 2 atom stereocenters. The molecule has 8 heavy (non-hydrogen) atoms. The molecule has 2 rings (SSSR count). The lowest BCUT2D eigenvalue weighted by molar-refractivity contribution is 0.519. The van der Waals surface area contributed by atoms with Crippen LogP contribution >= 0.6 is 0 Å². The minimum atomic E-state index is 0.980. The van der Waals surface area contributed by atoms with Crippen molar-refractivity contribution in [2.75, 3.05) is 0 Å². The predicted octanol–water partition coefficient (Wildman–Crippen LogP) is 2.36. The van der Waals surface area contributed by atoms with Gasteiger partial charge < -0.3 is 0 Å². The van der Waals surface area contributed by atoms with Crippen LogP contribution in [0, 0.1) is 11.8 Å². The largest absolute Gasteiger partial charge is 0.0880 e. The molecule has 0 aromatic heterocycles. The number of hydrogen-bond donors (Lipinski definition) is 0. The van der Waals surface area contributed by atoms with E-state index in [0.29, 0.717) is 0 Å². The molecule has 0 amide bonds. The molecule has 0 aromatic carbocycles. The Bertz CT molecular complexity index is 113. The standard InChI is InChI=1S/C8H12/c1-2-7-4-5-8(3-1)6-7/h1-2,7-8H,3-6H2/t7-,8+/m1/s1. The Morgan fingerprint density at radius 1 is 1.25 bits per heavy atom. The fourth-order valence-corrected chi connectivity index (χ4v) is 1.97. The second-order valence-corrected chi connectivity index (χ2v) is 3.10. The van der Waals surface area contributed by atoms with Gasteiger partial charge in [-0.15, -0.1) is 0 Å². The number of rotatable bonds is 0. The molecule has 2 aliphatic carbocycles. The van der Waals surface area contributed by atoms with Gasteiger partial charge in [-0.25, -0.2) is 0 Å². The Kier molecular flexibility index (Phi) is 0.927. The summed E-state index contributed by atoms with van der Waals surface area (Å²) >= 11 is 0. The average Bonchev–Trinajstić information content (AvgIpc) is 2.12. The normalized spacial score (nSPS) is 43.0. The molecule has 0 spiro atoms. The number of fused-ring (bicyclic) bond motifs is 2. The van der Waals surface area contributed by atoms with Gasteiger partial charge in [0.25, 0.3) is 0 Å². The van der Waals surface area contributed by atoms with Gasteiger partial charge in [0, 0.05) is 0 Å². The maximum Gasteiger partial charge on any atom is -0.0231 e. The topological polar surface area (TPSA) is 0 Å². The summed E-state index contributed by atoms with van der Waals surface area (Å²) in [5.41, 5.74) is 0. The van der Waals surface area contributed by atoms with Gasteiger partial charge in [0.05, 0.1) is 0 Å².